The molecule has 0 saturated heterocycles. The highest BCUT2D eigenvalue weighted by Gasteiger charge is 2.04. The van der Waals surface area contributed by atoms with Gasteiger partial charge in [0.15, 0.2) is 5.78 Å². The van der Waals surface area contributed by atoms with Crippen molar-refractivity contribution in [2.75, 3.05) is 0 Å². The number of nitrogens with two attached hydrogens (primary N) is 1. The Morgan fingerprint density at radius 3 is 2.23 bits per heavy atom. The van der Waals surface area contributed by atoms with E-state index in [1.807, 2.05) is 0 Å². The van der Waals surface area contributed by atoms with Crippen molar-refractivity contribution in [3.05, 3.63) is 23.8 Å². The summed E-state index contributed by atoms with van der Waals surface area (Å²) >= 11 is 0. The van der Waals surface area contributed by atoms with Crippen LogP contribution >= 0.6 is 0 Å². The number of carbonyl (C=O) groups is 2. The standard InChI is InChI=1S/C9H12N2O2/c1-3-4-7(9(11)13)5-8(10)6(2)12/h3-5,10H,1-2H3,(H2,11,13)/b4-3-,7-5+,10-8?. The third kappa shape index (κ3) is 4.00. The number of allylic oxidation sites excluding steroid dienone is 2. The fourth-order valence-corrected chi connectivity index (χ4v) is 0.638. The summed E-state index contributed by atoms with van der Waals surface area (Å²) in [5.74, 6) is -1.05. The van der Waals surface area contributed by atoms with Crippen LogP contribution in [0.2, 0.25) is 0 Å². The quantitative estimate of drug-likeness (QED) is 0.377. The molecule has 0 aliphatic rings. The summed E-state index contributed by atoms with van der Waals surface area (Å²) in [5, 5.41) is 7.18. The average Bonchev–Trinajstić information content (AvgIpc) is 2.03. The van der Waals surface area contributed by atoms with Crippen molar-refractivity contribution in [1.82, 2.24) is 0 Å². The summed E-state index contributed by atoms with van der Waals surface area (Å²) in [6, 6.07) is 0. The molecule has 0 fully saturated rings. The molecule has 0 saturated carbocycles. The molecule has 0 unspecified atom stereocenters. The van der Waals surface area contributed by atoms with Gasteiger partial charge in [-0.15, -0.1) is 0 Å². The number of rotatable bonds is 4. The topological polar surface area (TPSA) is 84.0 Å². The van der Waals surface area contributed by atoms with E-state index in [4.69, 9.17) is 11.1 Å². The molecule has 0 bridgehead atoms. The van der Waals surface area contributed by atoms with Gasteiger partial charge in [-0.25, -0.2) is 0 Å². The molecule has 3 N–H and O–H groups in total. The fourth-order valence-electron chi connectivity index (χ4n) is 0.638. The van der Waals surface area contributed by atoms with Gasteiger partial charge in [-0.2, -0.15) is 0 Å². The van der Waals surface area contributed by atoms with Gasteiger partial charge in [0.05, 0.1) is 5.71 Å². The molecule has 70 valence electrons. The maximum absolute atomic E-state index is 10.7. The van der Waals surface area contributed by atoms with E-state index in [0.717, 1.165) is 6.08 Å². The van der Waals surface area contributed by atoms with Crippen LogP contribution in [-0.4, -0.2) is 17.4 Å². The first-order valence-corrected chi connectivity index (χ1v) is 3.72. The molecule has 0 aromatic heterocycles. The first-order valence-electron chi connectivity index (χ1n) is 3.72. The van der Waals surface area contributed by atoms with E-state index < -0.39 is 11.7 Å². The van der Waals surface area contributed by atoms with Crippen molar-refractivity contribution >= 4 is 17.4 Å². The zero-order chi connectivity index (χ0) is 10.4. The second kappa shape index (κ2) is 5.03. The van der Waals surface area contributed by atoms with Gasteiger partial charge in [-0.05, 0) is 13.0 Å². The minimum absolute atomic E-state index is 0.155. The Bertz CT molecular complexity index is 301. The maximum Gasteiger partial charge on any atom is 0.248 e. The Labute approximate surface area is 76.6 Å². The molecule has 0 rings (SSSR count). The SMILES string of the molecule is C/C=C\C(=C/C(=N)C(C)=O)C(N)=O. The first-order chi connectivity index (χ1) is 5.99. The van der Waals surface area contributed by atoms with E-state index in [0.29, 0.717) is 0 Å². The molecule has 0 aromatic carbocycles. The van der Waals surface area contributed by atoms with Crippen molar-refractivity contribution in [2.24, 2.45) is 5.73 Å². The second-order valence-corrected chi connectivity index (χ2v) is 2.43. The number of amides is 1. The number of Topliss-reactive ketones (excluding diaryl/α,β-unsaturated/α-hetero) is 1. The molecule has 0 heterocycles. The molecular formula is C9H12N2O2. The molecule has 0 aliphatic heterocycles. The summed E-state index contributed by atoms with van der Waals surface area (Å²) in [6.45, 7) is 2.97. The van der Waals surface area contributed by atoms with Crippen LogP contribution in [-0.2, 0) is 9.59 Å². The molecule has 0 atom stereocenters. The molecule has 1 amide bonds. The van der Waals surface area contributed by atoms with Crippen molar-refractivity contribution < 1.29 is 9.59 Å². The highest BCUT2D eigenvalue weighted by molar-refractivity contribution is 6.42. The third-order valence-electron chi connectivity index (χ3n) is 1.31. The lowest BCUT2D eigenvalue weighted by Crippen LogP contribution is -2.15. The molecule has 4 nitrogen and oxygen atoms in total. The highest BCUT2D eigenvalue weighted by Crippen LogP contribution is 1.96. The van der Waals surface area contributed by atoms with E-state index in [9.17, 15) is 9.59 Å². The minimum atomic E-state index is -0.649. The lowest BCUT2D eigenvalue weighted by molar-refractivity contribution is -0.114. The predicted molar refractivity (Wildman–Crippen MR) is 50.5 cm³/mol. The number of hydrogen-bond donors (Lipinski definition) is 2. The summed E-state index contributed by atoms with van der Waals surface area (Å²) in [6.07, 6.45) is 4.23. The summed E-state index contributed by atoms with van der Waals surface area (Å²) in [7, 11) is 0. The third-order valence-corrected chi connectivity index (χ3v) is 1.31. The number of nitrogens with one attached hydrogen (secondary N) is 1. The Hall–Kier alpha value is -1.71. The lowest BCUT2D eigenvalue weighted by atomic mass is 10.1. The van der Waals surface area contributed by atoms with Crippen molar-refractivity contribution in [3.8, 4) is 0 Å². The summed E-state index contributed by atoms with van der Waals surface area (Å²) in [4.78, 5) is 21.4. The van der Waals surface area contributed by atoms with Crippen LogP contribution in [0.1, 0.15) is 13.8 Å². The largest absolute Gasteiger partial charge is 0.366 e. The summed E-state index contributed by atoms with van der Waals surface area (Å²) in [5.41, 5.74) is 4.93. The maximum atomic E-state index is 10.7. The van der Waals surface area contributed by atoms with Gasteiger partial charge >= 0.3 is 0 Å². The molecular weight excluding hydrogens is 168 g/mol. The van der Waals surface area contributed by atoms with Crippen LogP contribution in [0, 0.1) is 5.41 Å². The average molecular weight is 180 g/mol. The minimum Gasteiger partial charge on any atom is -0.366 e. The van der Waals surface area contributed by atoms with E-state index in [-0.39, 0.29) is 11.3 Å². The predicted octanol–water partition coefficient (Wildman–Crippen LogP) is 0.583. The monoisotopic (exact) mass is 180 g/mol. The van der Waals surface area contributed by atoms with E-state index in [1.54, 1.807) is 13.0 Å². The van der Waals surface area contributed by atoms with Gasteiger partial charge in [0, 0.05) is 12.5 Å². The number of carbonyl (C=O) groups excluding carboxylic acids is 2. The number of hydrogen-bond acceptors (Lipinski definition) is 3. The van der Waals surface area contributed by atoms with Crippen LogP contribution in [0.4, 0.5) is 0 Å². The fraction of sp³-hybridized carbons (Fsp3) is 0.222. The molecule has 0 aliphatic carbocycles. The zero-order valence-corrected chi connectivity index (χ0v) is 7.63. The van der Waals surface area contributed by atoms with Gasteiger partial charge in [0.25, 0.3) is 0 Å². The molecule has 13 heavy (non-hydrogen) atoms. The van der Waals surface area contributed by atoms with Gasteiger partial charge in [0.1, 0.15) is 0 Å². The highest BCUT2D eigenvalue weighted by atomic mass is 16.1. The second-order valence-electron chi connectivity index (χ2n) is 2.43. The van der Waals surface area contributed by atoms with E-state index in [1.165, 1.54) is 13.0 Å². The molecule has 0 radical (unpaired) electrons. The Morgan fingerprint density at radius 1 is 1.38 bits per heavy atom. The number of primary amides is 1. The molecule has 4 heteroatoms. The van der Waals surface area contributed by atoms with Crippen molar-refractivity contribution in [3.63, 3.8) is 0 Å². The van der Waals surface area contributed by atoms with Crippen LogP contribution in [0.3, 0.4) is 0 Å². The Morgan fingerprint density at radius 2 is 1.92 bits per heavy atom. The van der Waals surface area contributed by atoms with Gasteiger partial charge in [-0.3, -0.25) is 15.0 Å². The lowest BCUT2D eigenvalue weighted by Gasteiger charge is -1.95. The van der Waals surface area contributed by atoms with Crippen LogP contribution in [0.25, 0.3) is 0 Å². The van der Waals surface area contributed by atoms with E-state index in [2.05, 4.69) is 0 Å². The zero-order valence-electron chi connectivity index (χ0n) is 7.63. The number of ketones is 1. The smallest absolute Gasteiger partial charge is 0.248 e. The normalized spacial score (nSPS) is 11.7. The van der Waals surface area contributed by atoms with Crippen molar-refractivity contribution in [2.45, 2.75) is 13.8 Å². The van der Waals surface area contributed by atoms with E-state index >= 15 is 0 Å². The molecule has 0 aromatic rings. The van der Waals surface area contributed by atoms with Gasteiger partial charge < -0.3 is 5.73 Å². The Balaban J connectivity index is 4.84. The van der Waals surface area contributed by atoms with Gasteiger partial charge in [0.2, 0.25) is 5.91 Å². The van der Waals surface area contributed by atoms with Crippen LogP contribution in [0.15, 0.2) is 23.8 Å². The van der Waals surface area contributed by atoms with Crippen LogP contribution < -0.4 is 5.73 Å². The summed E-state index contributed by atoms with van der Waals surface area (Å²) < 4.78 is 0. The van der Waals surface area contributed by atoms with Crippen molar-refractivity contribution in [1.29, 1.82) is 5.41 Å². The molecule has 0 spiro atoms. The first kappa shape index (κ1) is 11.3. The van der Waals surface area contributed by atoms with Gasteiger partial charge in [-0.1, -0.05) is 12.2 Å². The van der Waals surface area contributed by atoms with Crippen LogP contribution in [0.5, 0.6) is 0 Å². The Kier molecular flexibility index (Phi) is 4.37.